The number of carbonyl (C=O) groups is 2. The number of hydrogen-bond acceptors (Lipinski definition) is 3. The van der Waals surface area contributed by atoms with E-state index in [2.05, 4.69) is 17.0 Å². The Balaban J connectivity index is 1.30. The molecule has 7 heteroatoms. The van der Waals surface area contributed by atoms with Crippen LogP contribution < -0.4 is 0 Å². The summed E-state index contributed by atoms with van der Waals surface area (Å²) in [5, 5.41) is 0. The predicted molar refractivity (Wildman–Crippen MR) is 109 cm³/mol. The van der Waals surface area contributed by atoms with Crippen LogP contribution in [-0.4, -0.2) is 71.8 Å². The second kappa shape index (κ2) is 8.92. The Morgan fingerprint density at radius 2 is 1.60 bits per heavy atom. The van der Waals surface area contributed by atoms with Crippen LogP contribution in [0, 0.1) is 11.6 Å². The van der Waals surface area contributed by atoms with E-state index in [9.17, 15) is 18.4 Å². The van der Waals surface area contributed by atoms with Gasteiger partial charge in [-0.1, -0.05) is 30.3 Å². The first-order chi connectivity index (χ1) is 14.5. The summed E-state index contributed by atoms with van der Waals surface area (Å²) >= 11 is 0. The molecule has 0 aromatic heterocycles. The van der Waals surface area contributed by atoms with Crippen LogP contribution in [-0.2, 0) is 11.2 Å². The van der Waals surface area contributed by atoms with Crippen LogP contribution in [0.15, 0.2) is 48.5 Å². The average Bonchev–Trinajstić information content (AvgIpc) is 3.12. The number of hydrogen-bond donors (Lipinski definition) is 0. The molecule has 2 fully saturated rings. The standard InChI is InChI=1S/C23H25F2N3O2/c24-19-14-18(15-20(25)16-19)22(29)28-12-10-26(11-13-28)21-7-9-27(23(21)30)8-6-17-4-2-1-3-5-17/h1-5,14-16,21H,6-13H2. The molecule has 2 amide bonds. The van der Waals surface area contributed by atoms with Crippen molar-refractivity contribution in [2.24, 2.45) is 0 Å². The van der Waals surface area contributed by atoms with Crippen LogP contribution in [0.4, 0.5) is 8.78 Å². The summed E-state index contributed by atoms with van der Waals surface area (Å²) in [7, 11) is 0. The molecule has 2 heterocycles. The van der Waals surface area contributed by atoms with E-state index in [0.717, 1.165) is 37.6 Å². The molecule has 0 spiro atoms. The summed E-state index contributed by atoms with van der Waals surface area (Å²) in [5.74, 6) is -1.75. The summed E-state index contributed by atoms with van der Waals surface area (Å²) in [6.07, 6.45) is 1.63. The first-order valence-corrected chi connectivity index (χ1v) is 10.3. The first kappa shape index (κ1) is 20.5. The van der Waals surface area contributed by atoms with Crippen molar-refractivity contribution in [2.75, 3.05) is 39.3 Å². The summed E-state index contributed by atoms with van der Waals surface area (Å²) < 4.78 is 26.8. The molecule has 158 valence electrons. The minimum absolute atomic E-state index is 0.0185. The van der Waals surface area contributed by atoms with E-state index in [1.54, 1.807) is 4.90 Å². The Hall–Kier alpha value is -2.80. The average molecular weight is 413 g/mol. The molecule has 4 rings (SSSR count). The van der Waals surface area contributed by atoms with Crippen molar-refractivity contribution in [3.63, 3.8) is 0 Å². The number of rotatable bonds is 5. The number of likely N-dealkylation sites (tertiary alicyclic amines) is 1. The molecule has 0 bridgehead atoms. The topological polar surface area (TPSA) is 43.9 Å². The van der Waals surface area contributed by atoms with Gasteiger partial charge >= 0.3 is 0 Å². The lowest BCUT2D eigenvalue weighted by molar-refractivity contribution is -0.132. The minimum atomic E-state index is -0.760. The van der Waals surface area contributed by atoms with Gasteiger partial charge in [0.1, 0.15) is 11.6 Å². The molecule has 2 aromatic rings. The van der Waals surface area contributed by atoms with E-state index in [0.29, 0.717) is 32.7 Å². The van der Waals surface area contributed by atoms with E-state index in [1.807, 2.05) is 23.1 Å². The SMILES string of the molecule is O=C(c1cc(F)cc(F)c1)N1CCN(C2CCN(CCc3ccccc3)C2=O)CC1. The zero-order valence-corrected chi connectivity index (χ0v) is 16.8. The molecule has 2 aromatic carbocycles. The van der Waals surface area contributed by atoms with Gasteiger partial charge in [-0.2, -0.15) is 0 Å². The molecule has 0 N–H and O–H groups in total. The number of carbonyl (C=O) groups excluding carboxylic acids is 2. The lowest BCUT2D eigenvalue weighted by Crippen LogP contribution is -2.53. The molecule has 30 heavy (non-hydrogen) atoms. The maximum Gasteiger partial charge on any atom is 0.254 e. The summed E-state index contributed by atoms with van der Waals surface area (Å²) in [6.45, 7) is 3.48. The van der Waals surface area contributed by atoms with E-state index in [4.69, 9.17) is 0 Å². The van der Waals surface area contributed by atoms with Crippen molar-refractivity contribution in [1.82, 2.24) is 14.7 Å². The third-order valence-corrected chi connectivity index (χ3v) is 5.93. The van der Waals surface area contributed by atoms with E-state index in [-0.39, 0.29) is 23.4 Å². The summed E-state index contributed by atoms with van der Waals surface area (Å²) in [5.41, 5.74) is 1.24. The van der Waals surface area contributed by atoms with E-state index >= 15 is 0 Å². The maximum atomic E-state index is 13.4. The second-order valence-corrected chi connectivity index (χ2v) is 7.85. The van der Waals surface area contributed by atoms with Crippen LogP contribution in [0.5, 0.6) is 0 Å². The van der Waals surface area contributed by atoms with Gasteiger partial charge in [0, 0.05) is 50.9 Å². The van der Waals surface area contributed by atoms with Crippen LogP contribution in [0.25, 0.3) is 0 Å². The molecule has 0 aliphatic carbocycles. The fraction of sp³-hybridized carbons (Fsp3) is 0.391. The fourth-order valence-electron chi connectivity index (χ4n) is 4.29. The maximum absolute atomic E-state index is 13.4. The highest BCUT2D eigenvalue weighted by molar-refractivity contribution is 5.94. The highest BCUT2D eigenvalue weighted by atomic mass is 19.1. The van der Waals surface area contributed by atoms with Crippen molar-refractivity contribution in [2.45, 2.75) is 18.9 Å². The first-order valence-electron chi connectivity index (χ1n) is 10.3. The lowest BCUT2D eigenvalue weighted by Gasteiger charge is -2.37. The van der Waals surface area contributed by atoms with Crippen molar-refractivity contribution in [1.29, 1.82) is 0 Å². The molecular weight excluding hydrogens is 388 g/mol. The van der Waals surface area contributed by atoms with Gasteiger partial charge in [-0.15, -0.1) is 0 Å². The summed E-state index contributed by atoms with van der Waals surface area (Å²) in [4.78, 5) is 31.1. The van der Waals surface area contributed by atoms with Gasteiger partial charge in [-0.05, 0) is 30.5 Å². The van der Waals surface area contributed by atoms with Crippen LogP contribution in [0.1, 0.15) is 22.3 Å². The lowest BCUT2D eigenvalue weighted by atomic mass is 10.1. The van der Waals surface area contributed by atoms with E-state index in [1.165, 1.54) is 5.56 Å². The molecule has 0 radical (unpaired) electrons. The largest absolute Gasteiger partial charge is 0.341 e. The summed E-state index contributed by atoms with van der Waals surface area (Å²) in [6, 6.07) is 12.8. The van der Waals surface area contributed by atoms with Gasteiger partial charge < -0.3 is 9.80 Å². The third kappa shape index (κ3) is 4.51. The number of nitrogens with zero attached hydrogens (tertiary/aromatic N) is 3. The van der Waals surface area contributed by atoms with Gasteiger partial charge in [0.15, 0.2) is 0 Å². The highest BCUT2D eigenvalue weighted by Crippen LogP contribution is 2.20. The van der Waals surface area contributed by atoms with Crippen molar-refractivity contribution < 1.29 is 18.4 Å². The van der Waals surface area contributed by atoms with Gasteiger partial charge in [0.2, 0.25) is 5.91 Å². The second-order valence-electron chi connectivity index (χ2n) is 7.85. The molecule has 1 atom stereocenters. The normalized spacial score (nSPS) is 20.1. The Morgan fingerprint density at radius 1 is 0.933 bits per heavy atom. The monoisotopic (exact) mass is 413 g/mol. The van der Waals surface area contributed by atoms with E-state index < -0.39 is 11.6 Å². The fourth-order valence-corrected chi connectivity index (χ4v) is 4.29. The quantitative estimate of drug-likeness (QED) is 0.757. The Labute approximate surface area is 174 Å². The van der Waals surface area contributed by atoms with Crippen LogP contribution in [0.3, 0.4) is 0 Å². The zero-order chi connectivity index (χ0) is 21.1. The number of amides is 2. The van der Waals surface area contributed by atoms with Gasteiger partial charge in [0.05, 0.1) is 6.04 Å². The van der Waals surface area contributed by atoms with Gasteiger partial charge in [0.25, 0.3) is 5.91 Å². The molecule has 2 saturated heterocycles. The number of piperazine rings is 1. The van der Waals surface area contributed by atoms with Gasteiger partial charge in [-0.3, -0.25) is 14.5 Å². The van der Waals surface area contributed by atoms with Gasteiger partial charge in [-0.25, -0.2) is 8.78 Å². The Morgan fingerprint density at radius 3 is 2.27 bits per heavy atom. The molecule has 0 saturated carbocycles. The van der Waals surface area contributed by atoms with Crippen molar-refractivity contribution in [3.8, 4) is 0 Å². The molecule has 2 aliphatic rings. The van der Waals surface area contributed by atoms with Crippen molar-refractivity contribution in [3.05, 3.63) is 71.3 Å². The molecule has 2 aliphatic heterocycles. The zero-order valence-electron chi connectivity index (χ0n) is 16.8. The predicted octanol–water partition coefficient (Wildman–Crippen LogP) is 2.57. The Bertz CT molecular complexity index is 894. The third-order valence-electron chi connectivity index (χ3n) is 5.93. The minimum Gasteiger partial charge on any atom is -0.341 e. The van der Waals surface area contributed by atoms with Crippen LogP contribution in [0.2, 0.25) is 0 Å². The molecular formula is C23H25F2N3O2. The number of halogens is 2. The Kier molecular flexibility index (Phi) is 6.08. The molecule has 5 nitrogen and oxygen atoms in total. The highest BCUT2D eigenvalue weighted by Gasteiger charge is 2.37. The molecule has 1 unspecified atom stereocenters. The van der Waals surface area contributed by atoms with Crippen LogP contribution >= 0.6 is 0 Å². The smallest absolute Gasteiger partial charge is 0.254 e. The number of benzene rings is 2. The van der Waals surface area contributed by atoms with Crippen molar-refractivity contribution >= 4 is 11.8 Å².